The number of thiophene rings is 1. The van der Waals surface area contributed by atoms with E-state index in [1.807, 2.05) is 6.92 Å². The van der Waals surface area contributed by atoms with Crippen LogP contribution in [-0.4, -0.2) is 60.0 Å². The Morgan fingerprint density at radius 1 is 1.44 bits per heavy atom. The molecule has 1 aromatic rings. The quantitative estimate of drug-likeness (QED) is 0.329. The van der Waals surface area contributed by atoms with Crippen molar-refractivity contribution in [3.05, 3.63) is 16.5 Å². The molecule has 142 valence electrons. The summed E-state index contributed by atoms with van der Waals surface area (Å²) >= 11 is 6.74. The molecule has 0 spiro atoms. The number of guanidine groups is 1. The molecule has 0 saturated carbocycles. The molecule has 3 N–H and O–H groups in total. The van der Waals surface area contributed by atoms with Crippen molar-refractivity contribution in [3.63, 3.8) is 0 Å². The van der Waals surface area contributed by atoms with Crippen molar-refractivity contribution >= 4 is 48.8 Å². The summed E-state index contributed by atoms with van der Waals surface area (Å²) in [4.78, 5) is 4.28. The van der Waals surface area contributed by atoms with E-state index in [1.54, 1.807) is 0 Å². The third kappa shape index (κ3) is 6.41. The van der Waals surface area contributed by atoms with E-state index in [0.29, 0.717) is 23.3 Å². The number of aliphatic imine (C=N–C) groups is 1. The summed E-state index contributed by atoms with van der Waals surface area (Å²) in [5.41, 5.74) is 0. The van der Waals surface area contributed by atoms with E-state index < -0.39 is 19.9 Å². The van der Waals surface area contributed by atoms with E-state index in [9.17, 15) is 16.8 Å². The van der Waals surface area contributed by atoms with E-state index in [-0.39, 0.29) is 34.8 Å². The molecule has 1 saturated heterocycles. The molecule has 1 aromatic heterocycles. The second kappa shape index (κ2) is 8.67. The Balaban J connectivity index is 1.87. The fourth-order valence-corrected chi connectivity index (χ4v) is 6.50. The first-order valence-corrected chi connectivity index (χ1v) is 12.2. The first-order chi connectivity index (χ1) is 11.7. The lowest BCUT2D eigenvalue weighted by molar-refractivity contribution is 0.583. The van der Waals surface area contributed by atoms with Crippen LogP contribution in [0, 0.1) is 0 Å². The van der Waals surface area contributed by atoms with E-state index in [0.717, 1.165) is 11.3 Å². The molecule has 0 radical (unpaired) electrons. The second-order valence-electron chi connectivity index (χ2n) is 5.46. The Morgan fingerprint density at radius 2 is 2.20 bits per heavy atom. The molecule has 1 atom stereocenters. The van der Waals surface area contributed by atoms with Gasteiger partial charge in [-0.05, 0) is 25.5 Å². The van der Waals surface area contributed by atoms with Gasteiger partial charge in [0.2, 0.25) is 10.0 Å². The van der Waals surface area contributed by atoms with Gasteiger partial charge in [0.15, 0.2) is 15.8 Å². The predicted octanol–water partition coefficient (Wildman–Crippen LogP) is 0.422. The number of nitrogens with zero attached hydrogens (tertiary/aromatic N) is 1. The van der Waals surface area contributed by atoms with Crippen LogP contribution in [0.25, 0.3) is 0 Å². The molecule has 1 unspecified atom stereocenters. The van der Waals surface area contributed by atoms with Gasteiger partial charge in [-0.25, -0.2) is 21.6 Å². The Hall–Kier alpha value is -0.880. The van der Waals surface area contributed by atoms with Gasteiger partial charge in [-0.2, -0.15) is 0 Å². The van der Waals surface area contributed by atoms with Crippen LogP contribution in [0.3, 0.4) is 0 Å². The van der Waals surface area contributed by atoms with E-state index >= 15 is 0 Å². The van der Waals surface area contributed by atoms with Gasteiger partial charge in [-0.3, -0.25) is 4.99 Å². The molecule has 0 bridgehead atoms. The van der Waals surface area contributed by atoms with Crippen LogP contribution >= 0.6 is 22.9 Å². The van der Waals surface area contributed by atoms with Crippen LogP contribution < -0.4 is 15.4 Å². The fourth-order valence-electron chi connectivity index (χ4n) is 2.28. The smallest absolute Gasteiger partial charge is 0.250 e. The van der Waals surface area contributed by atoms with E-state index in [4.69, 9.17) is 11.6 Å². The fraction of sp³-hybridized carbons (Fsp3) is 0.615. The summed E-state index contributed by atoms with van der Waals surface area (Å²) in [5.74, 6) is 0.735. The van der Waals surface area contributed by atoms with Gasteiger partial charge < -0.3 is 10.6 Å². The molecule has 25 heavy (non-hydrogen) atoms. The largest absolute Gasteiger partial charge is 0.357 e. The minimum atomic E-state index is -3.59. The first-order valence-electron chi connectivity index (χ1n) is 7.72. The summed E-state index contributed by atoms with van der Waals surface area (Å²) < 4.78 is 50.1. The molecule has 0 amide bonds. The lowest BCUT2D eigenvalue weighted by Crippen LogP contribution is -2.44. The van der Waals surface area contributed by atoms with Crippen LogP contribution in [-0.2, 0) is 19.9 Å². The highest BCUT2D eigenvalue weighted by atomic mass is 35.5. The van der Waals surface area contributed by atoms with Crippen molar-refractivity contribution in [3.8, 4) is 0 Å². The number of sulfone groups is 1. The van der Waals surface area contributed by atoms with Gasteiger partial charge in [-0.1, -0.05) is 11.6 Å². The number of hydrogen-bond acceptors (Lipinski definition) is 6. The zero-order chi connectivity index (χ0) is 18.5. The number of sulfonamides is 1. The molecule has 0 aliphatic carbocycles. The second-order valence-corrected chi connectivity index (χ2v) is 11.4. The number of halogens is 1. The zero-order valence-electron chi connectivity index (χ0n) is 13.7. The Kier molecular flexibility index (Phi) is 7.09. The van der Waals surface area contributed by atoms with Crippen molar-refractivity contribution in [2.45, 2.75) is 23.6 Å². The summed E-state index contributed by atoms with van der Waals surface area (Å²) in [6.45, 7) is 2.85. The molecule has 2 heterocycles. The average molecular weight is 429 g/mol. The van der Waals surface area contributed by atoms with E-state index in [2.05, 4.69) is 20.3 Å². The van der Waals surface area contributed by atoms with E-state index in [1.165, 1.54) is 12.1 Å². The molecule has 1 aliphatic rings. The van der Waals surface area contributed by atoms with Crippen LogP contribution in [0.5, 0.6) is 0 Å². The van der Waals surface area contributed by atoms with Gasteiger partial charge in [0.25, 0.3) is 0 Å². The number of rotatable bonds is 7. The molecule has 2 rings (SSSR count). The minimum absolute atomic E-state index is 0.0865. The van der Waals surface area contributed by atoms with Crippen LogP contribution in [0.15, 0.2) is 21.3 Å². The topological polar surface area (TPSA) is 117 Å². The minimum Gasteiger partial charge on any atom is -0.357 e. The van der Waals surface area contributed by atoms with Crippen LogP contribution in [0.1, 0.15) is 13.3 Å². The van der Waals surface area contributed by atoms with Crippen molar-refractivity contribution in [2.75, 3.05) is 31.1 Å². The van der Waals surface area contributed by atoms with Crippen molar-refractivity contribution < 1.29 is 16.8 Å². The summed E-state index contributed by atoms with van der Waals surface area (Å²) in [6.07, 6.45) is 0.540. The van der Waals surface area contributed by atoms with Crippen LogP contribution in [0.4, 0.5) is 0 Å². The van der Waals surface area contributed by atoms with Gasteiger partial charge in [0.05, 0.1) is 22.4 Å². The Morgan fingerprint density at radius 3 is 2.76 bits per heavy atom. The molecular weight excluding hydrogens is 408 g/mol. The summed E-state index contributed by atoms with van der Waals surface area (Å²) in [6, 6.07) is 2.81. The number of hydrogen-bond donors (Lipinski definition) is 3. The third-order valence-corrected chi connectivity index (χ3v) is 8.36. The first kappa shape index (κ1) is 20.4. The van der Waals surface area contributed by atoms with Crippen molar-refractivity contribution in [1.29, 1.82) is 0 Å². The maximum absolute atomic E-state index is 12.1. The van der Waals surface area contributed by atoms with Gasteiger partial charge in [0.1, 0.15) is 4.21 Å². The van der Waals surface area contributed by atoms with Gasteiger partial charge in [0, 0.05) is 19.1 Å². The molecule has 1 aliphatic heterocycles. The van der Waals surface area contributed by atoms with Crippen LogP contribution in [0.2, 0.25) is 4.34 Å². The molecule has 12 heteroatoms. The lowest BCUT2D eigenvalue weighted by atomic mass is 10.3. The standard InChI is InChI=1S/C13H21ClN4O4S3/c1-2-15-13(18-10-5-8-24(19,20)9-10)16-6-7-17-25(21,22)12-4-3-11(14)23-12/h3-4,10,17H,2,5-9H2,1H3,(H2,15,16,18). The maximum Gasteiger partial charge on any atom is 0.250 e. The molecule has 8 nitrogen and oxygen atoms in total. The highest BCUT2D eigenvalue weighted by molar-refractivity contribution is 7.92. The SMILES string of the molecule is CCNC(=NCCNS(=O)(=O)c1ccc(Cl)s1)NC1CCS(=O)(=O)C1. The zero-order valence-corrected chi connectivity index (χ0v) is 16.9. The van der Waals surface area contributed by atoms with Crippen molar-refractivity contribution in [2.24, 2.45) is 4.99 Å². The Labute approximate surface area is 157 Å². The summed E-state index contributed by atoms with van der Waals surface area (Å²) in [7, 11) is -6.57. The third-order valence-electron chi connectivity index (χ3n) is 3.40. The lowest BCUT2D eigenvalue weighted by Gasteiger charge is -2.15. The average Bonchev–Trinajstić information content (AvgIpc) is 3.10. The van der Waals surface area contributed by atoms with Gasteiger partial charge in [-0.15, -0.1) is 11.3 Å². The highest BCUT2D eigenvalue weighted by Gasteiger charge is 2.28. The number of nitrogens with one attached hydrogen (secondary N) is 3. The van der Waals surface area contributed by atoms with Crippen molar-refractivity contribution in [1.82, 2.24) is 15.4 Å². The molecule has 0 aromatic carbocycles. The highest BCUT2D eigenvalue weighted by Crippen LogP contribution is 2.25. The molecular formula is C13H21ClN4O4S3. The van der Waals surface area contributed by atoms with Gasteiger partial charge >= 0.3 is 0 Å². The molecule has 1 fully saturated rings. The monoisotopic (exact) mass is 428 g/mol. The predicted molar refractivity (Wildman–Crippen MR) is 101 cm³/mol. The summed E-state index contributed by atoms with van der Waals surface area (Å²) in [5, 5.41) is 6.09. The maximum atomic E-state index is 12.1. The Bertz CT molecular complexity index is 820. The normalized spacial score (nSPS) is 20.6.